The Kier molecular flexibility index (Phi) is 5.55. The second-order valence-electron chi connectivity index (χ2n) is 7.34. The van der Waals surface area contributed by atoms with Crippen molar-refractivity contribution in [2.45, 2.75) is 6.92 Å². The van der Waals surface area contributed by atoms with E-state index in [1.165, 1.54) is 18.1 Å². The van der Waals surface area contributed by atoms with Crippen LogP contribution in [0.4, 0.5) is 5.69 Å². The third-order valence-electron chi connectivity index (χ3n) is 5.27. The first-order valence-electron chi connectivity index (χ1n) is 9.93. The summed E-state index contributed by atoms with van der Waals surface area (Å²) in [4.78, 5) is 54.1. The minimum atomic E-state index is -0.634. The standard InChI is InChI=1S/C25H20N2O5/c1-16-8-7-9-17(14-16)22(28)26(21-13-6-5-12-20(21)25(31)32-2)15-27-23(29)18-10-3-4-11-19(18)24(27)30/h3-14H,15H2,1-2H3. The van der Waals surface area contributed by atoms with E-state index >= 15 is 0 Å². The Hall–Kier alpha value is -4.26. The molecule has 0 fully saturated rings. The molecular formula is C25H20N2O5. The van der Waals surface area contributed by atoms with E-state index in [0.29, 0.717) is 5.56 Å². The van der Waals surface area contributed by atoms with E-state index in [2.05, 4.69) is 0 Å². The van der Waals surface area contributed by atoms with Crippen LogP contribution in [0.2, 0.25) is 0 Å². The van der Waals surface area contributed by atoms with Crippen molar-refractivity contribution in [3.63, 3.8) is 0 Å². The fourth-order valence-electron chi connectivity index (χ4n) is 3.68. The summed E-state index contributed by atoms with van der Waals surface area (Å²) in [6.07, 6.45) is 0. The molecule has 0 saturated carbocycles. The number of hydrogen-bond donors (Lipinski definition) is 0. The van der Waals surface area contributed by atoms with Crippen LogP contribution < -0.4 is 4.90 Å². The van der Waals surface area contributed by atoms with Crippen LogP contribution in [0.25, 0.3) is 0 Å². The zero-order chi connectivity index (χ0) is 22.8. The number of aryl methyl sites for hydroxylation is 1. The predicted octanol–water partition coefficient (Wildman–Crippen LogP) is 3.68. The van der Waals surface area contributed by atoms with Crippen molar-refractivity contribution in [1.29, 1.82) is 0 Å². The Morgan fingerprint density at radius 3 is 2.12 bits per heavy atom. The van der Waals surface area contributed by atoms with Crippen LogP contribution >= 0.6 is 0 Å². The SMILES string of the molecule is COC(=O)c1ccccc1N(CN1C(=O)c2ccccc2C1=O)C(=O)c1cccc(C)c1. The summed E-state index contributed by atoms with van der Waals surface area (Å²) in [6, 6.07) is 19.9. The van der Waals surface area contributed by atoms with Gasteiger partial charge in [0.25, 0.3) is 17.7 Å². The van der Waals surface area contributed by atoms with Gasteiger partial charge in [-0.05, 0) is 43.3 Å². The number of ether oxygens (including phenoxy) is 1. The second kappa shape index (κ2) is 8.47. The lowest BCUT2D eigenvalue weighted by Gasteiger charge is -2.28. The lowest BCUT2D eigenvalue weighted by molar-refractivity contribution is 0.0601. The zero-order valence-electron chi connectivity index (χ0n) is 17.6. The Morgan fingerprint density at radius 1 is 0.875 bits per heavy atom. The minimum absolute atomic E-state index is 0.146. The molecule has 0 aliphatic carbocycles. The van der Waals surface area contributed by atoms with Gasteiger partial charge in [-0.1, -0.05) is 42.0 Å². The Labute approximate surface area is 184 Å². The Balaban J connectivity index is 1.79. The summed E-state index contributed by atoms with van der Waals surface area (Å²) >= 11 is 0. The highest BCUT2D eigenvalue weighted by molar-refractivity contribution is 6.22. The number of carbonyl (C=O) groups excluding carboxylic acids is 4. The first-order chi connectivity index (χ1) is 15.4. The van der Waals surface area contributed by atoms with E-state index in [0.717, 1.165) is 10.5 Å². The van der Waals surface area contributed by atoms with Gasteiger partial charge in [0.15, 0.2) is 0 Å². The van der Waals surface area contributed by atoms with Gasteiger partial charge < -0.3 is 4.74 Å². The lowest BCUT2D eigenvalue weighted by atomic mass is 10.1. The van der Waals surface area contributed by atoms with Crippen LogP contribution in [0.1, 0.15) is 47.0 Å². The molecule has 0 radical (unpaired) electrons. The molecule has 1 heterocycles. The predicted molar refractivity (Wildman–Crippen MR) is 118 cm³/mol. The Bertz CT molecular complexity index is 1220. The molecule has 3 amide bonds. The average Bonchev–Trinajstić information content (AvgIpc) is 3.06. The van der Waals surface area contributed by atoms with E-state index in [1.54, 1.807) is 60.7 Å². The molecule has 7 nitrogen and oxygen atoms in total. The number of carbonyl (C=O) groups is 4. The molecule has 160 valence electrons. The van der Waals surface area contributed by atoms with Crippen molar-refractivity contribution in [1.82, 2.24) is 4.90 Å². The minimum Gasteiger partial charge on any atom is -0.465 e. The van der Waals surface area contributed by atoms with Gasteiger partial charge >= 0.3 is 5.97 Å². The number of fused-ring (bicyclic) bond motifs is 1. The summed E-state index contributed by atoms with van der Waals surface area (Å²) < 4.78 is 4.87. The first kappa shape index (κ1) is 21.0. The van der Waals surface area contributed by atoms with Crippen molar-refractivity contribution in [3.05, 3.63) is 101 Å². The number of hydrogen-bond acceptors (Lipinski definition) is 5. The fourth-order valence-corrected chi connectivity index (χ4v) is 3.68. The number of esters is 1. The van der Waals surface area contributed by atoms with Gasteiger partial charge in [-0.25, -0.2) is 4.79 Å². The van der Waals surface area contributed by atoms with Gasteiger partial charge in [0.05, 0.1) is 29.5 Å². The van der Waals surface area contributed by atoms with Gasteiger partial charge in [0.2, 0.25) is 0 Å². The molecule has 0 atom stereocenters. The Morgan fingerprint density at radius 2 is 1.50 bits per heavy atom. The monoisotopic (exact) mass is 428 g/mol. The summed E-state index contributed by atoms with van der Waals surface area (Å²) in [5, 5.41) is 0. The summed E-state index contributed by atoms with van der Waals surface area (Å²) in [5.41, 5.74) is 2.18. The molecule has 0 saturated heterocycles. The van der Waals surface area contributed by atoms with Crippen molar-refractivity contribution < 1.29 is 23.9 Å². The molecule has 3 aromatic carbocycles. The highest BCUT2D eigenvalue weighted by Gasteiger charge is 2.38. The van der Waals surface area contributed by atoms with Crippen LogP contribution in [-0.2, 0) is 4.74 Å². The largest absolute Gasteiger partial charge is 0.465 e. The van der Waals surface area contributed by atoms with Crippen molar-refractivity contribution in [2.24, 2.45) is 0 Å². The fraction of sp³-hybridized carbons (Fsp3) is 0.120. The highest BCUT2D eigenvalue weighted by Crippen LogP contribution is 2.28. The normalized spacial score (nSPS) is 12.5. The van der Waals surface area contributed by atoms with E-state index in [1.807, 2.05) is 13.0 Å². The summed E-state index contributed by atoms with van der Waals surface area (Å²) in [7, 11) is 1.25. The third-order valence-corrected chi connectivity index (χ3v) is 5.27. The summed E-state index contributed by atoms with van der Waals surface area (Å²) in [5.74, 6) is -2.09. The van der Waals surface area contributed by atoms with E-state index < -0.39 is 23.7 Å². The van der Waals surface area contributed by atoms with Gasteiger partial charge in [0.1, 0.15) is 6.67 Å². The van der Waals surface area contributed by atoms with Crippen LogP contribution in [0.15, 0.2) is 72.8 Å². The number of rotatable bonds is 5. The number of anilines is 1. The number of amides is 3. The molecule has 4 rings (SSSR count). The quantitative estimate of drug-likeness (QED) is 0.457. The number of para-hydroxylation sites is 1. The molecule has 0 aromatic heterocycles. The highest BCUT2D eigenvalue weighted by atomic mass is 16.5. The lowest BCUT2D eigenvalue weighted by Crippen LogP contribution is -2.45. The smallest absolute Gasteiger partial charge is 0.339 e. The molecule has 1 aliphatic heterocycles. The van der Waals surface area contributed by atoms with Gasteiger partial charge in [-0.15, -0.1) is 0 Å². The zero-order valence-corrected chi connectivity index (χ0v) is 17.6. The van der Waals surface area contributed by atoms with Crippen LogP contribution in [0.3, 0.4) is 0 Å². The topological polar surface area (TPSA) is 84.0 Å². The van der Waals surface area contributed by atoms with Crippen LogP contribution in [0, 0.1) is 6.92 Å². The van der Waals surface area contributed by atoms with Crippen LogP contribution in [-0.4, -0.2) is 42.4 Å². The third kappa shape index (κ3) is 3.65. The number of benzene rings is 3. The van der Waals surface area contributed by atoms with Gasteiger partial charge in [-0.2, -0.15) is 0 Å². The molecule has 0 N–H and O–H groups in total. The van der Waals surface area contributed by atoms with Gasteiger partial charge in [-0.3, -0.25) is 24.2 Å². The maximum absolute atomic E-state index is 13.6. The van der Waals surface area contributed by atoms with E-state index in [-0.39, 0.29) is 29.0 Å². The molecule has 1 aliphatic rings. The molecule has 32 heavy (non-hydrogen) atoms. The molecular weight excluding hydrogens is 408 g/mol. The number of imide groups is 1. The molecule has 0 spiro atoms. The summed E-state index contributed by atoms with van der Waals surface area (Å²) in [6.45, 7) is 1.50. The van der Waals surface area contributed by atoms with E-state index in [4.69, 9.17) is 4.74 Å². The van der Waals surface area contributed by atoms with Crippen LogP contribution in [0.5, 0.6) is 0 Å². The van der Waals surface area contributed by atoms with Crippen molar-refractivity contribution in [2.75, 3.05) is 18.7 Å². The molecule has 0 unspecified atom stereocenters. The average molecular weight is 428 g/mol. The van der Waals surface area contributed by atoms with Gasteiger partial charge in [0, 0.05) is 5.56 Å². The maximum atomic E-state index is 13.6. The second-order valence-corrected chi connectivity index (χ2v) is 7.34. The number of methoxy groups -OCH3 is 1. The van der Waals surface area contributed by atoms with Crippen molar-refractivity contribution in [3.8, 4) is 0 Å². The molecule has 0 bridgehead atoms. The number of nitrogens with zero attached hydrogens (tertiary/aromatic N) is 2. The molecule has 7 heteroatoms. The van der Waals surface area contributed by atoms with Crippen molar-refractivity contribution >= 4 is 29.4 Å². The first-order valence-corrected chi connectivity index (χ1v) is 9.93. The maximum Gasteiger partial charge on any atom is 0.339 e. The molecule has 3 aromatic rings. The van der Waals surface area contributed by atoms with E-state index in [9.17, 15) is 19.2 Å².